The highest BCUT2D eigenvalue weighted by atomic mass is 16.7. The molecule has 3 atom stereocenters. The Labute approximate surface area is 278 Å². The van der Waals surface area contributed by atoms with E-state index in [0.717, 1.165) is 12.0 Å². The van der Waals surface area contributed by atoms with Gasteiger partial charge in [-0.25, -0.2) is 4.79 Å². The van der Waals surface area contributed by atoms with Gasteiger partial charge in [0.15, 0.2) is 17.6 Å². The van der Waals surface area contributed by atoms with E-state index in [1.165, 1.54) is 33.5 Å². The molecule has 2 rings (SSSR count). The molecule has 0 spiro atoms. The van der Waals surface area contributed by atoms with Gasteiger partial charge in [-0.3, -0.25) is 9.59 Å². The summed E-state index contributed by atoms with van der Waals surface area (Å²) in [5, 5.41) is 14.7. The number of hydrogen-bond donors (Lipinski definition) is 2. The predicted octanol–water partition coefficient (Wildman–Crippen LogP) is 7.37. The van der Waals surface area contributed by atoms with Crippen molar-refractivity contribution in [1.82, 2.24) is 0 Å². The van der Waals surface area contributed by atoms with Crippen molar-refractivity contribution in [2.45, 2.75) is 72.5 Å². The number of Topliss-reactive ketones (excluding diaryl/α,β-unsaturated/α-hetero) is 1. The zero-order valence-corrected chi connectivity index (χ0v) is 28.9. The van der Waals surface area contributed by atoms with Crippen LogP contribution in [0, 0.1) is 12.8 Å². The van der Waals surface area contributed by atoms with E-state index in [2.05, 4.69) is 18.5 Å². The maximum absolute atomic E-state index is 13.5. The van der Waals surface area contributed by atoms with Gasteiger partial charge >= 0.3 is 5.97 Å². The van der Waals surface area contributed by atoms with E-state index < -0.39 is 24.1 Å². The second-order valence-electron chi connectivity index (χ2n) is 11.4. The normalized spacial score (nSPS) is 13.2. The molecule has 0 saturated carbocycles. The minimum Gasteiger partial charge on any atom is -0.507 e. The number of rotatable bonds is 19. The van der Waals surface area contributed by atoms with Crippen molar-refractivity contribution in [2.24, 2.45) is 5.92 Å². The zero-order chi connectivity index (χ0) is 35.3. The lowest BCUT2D eigenvalue weighted by molar-refractivity contribution is -0.151. The summed E-state index contributed by atoms with van der Waals surface area (Å²) in [4.78, 5) is 39.6. The third-order valence-electron chi connectivity index (χ3n) is 7.67. The molecular formula is C37H49NO9. The van der Waals surface area contributed by atoms with Crippen molar-refractivity contribution < 1.29 is 43.2 Å². The first-order valence-electron chi connectivity index (χ1n) is 15.5. The number of anilines is 1. The van der Waals surface area contributed by atoms with E-state index in [9.17, 15) is 19.5 Å². The number of methoxy groups -OCH3 is 3. The molecule has 0 bridgehead atoms. The number of aryl methyl sites for hydroxylation is 1. The van der Waals surface area contributed by atoms with E-state index in [1.54, 1.807) is 32.1 Å². The van der Waals surface area contributed by atoms with Crippen molar-refractivity contribution in [3.63, 3.8) is 0 Å². The van der Waals surface area contributed by atoms with Crippen molar-refractivity contribution in [2.75, 3.05) is 33.4 Å². The van der Waals surface area contributed by atoms with E-state index in [1.807, 2.05) is 26.8 Å². The van der Waals surface area contributed by atoms with E-state index in [4.69, 9.17) is 23.7 Å². The highest BCUT2D eigenvalue weighted by molar-refractivity contribution is 6.16. The molecule has 0 aliphatic rings. The number of fused-ring (bicyclic) bond motifs is 1. The fourth-order valence-corrected chi connectivity index (χ4v) is 5.05. The fourth-order valence-electron chi connectivity index (χ4n) is 5.05. The van der Waals surface area contributed by atoms with Crippen LogP contribution in [0.2, 0.25) is 0 Å². The van der Waals surface area contributed by atoms with Crippen LogP contribution in [0.3, 0.4) is 0 Å². The average Bonchev–Trinajstić information content (AvgIpc) is 3.04. The molecule has 2 aromatic rings. The number of nitrogens with one attached hydrogen (secondary N) is 1. The van der Waals surface area contributed by atoms with Crippen molar-refractivity contribution in [1.29, 1.82) is 0 Å². The number of benzene rings is 2. The first-order chi connectivity index (χ1) is 22.4. The van der Waals surface area contributed by atoms with E-state index in [0.29, 0.717) is 34.2 Å². The lowest BCUT2D eigenvalue weighted by Crippen LogP contribution is -2.31. The van der Waals surface area contributed by atoms with Crippen LogP contribution in [0.25, 0.3) is 10.8 Å². The van der Waals surface area contributed by atoms with Crippen LogP contribution in [0.1, 0.15) is 69.3 Å². The van der Waals surface area contributed by atoms with Gasteiger partial charge < -0.3 is 34.1 Å². The Kier molecular flexibility index (Phi) is 15.4. The number of esters is 1. The second kappa shape index (κ2) is 18.7. The van der Waals surface area contributed by atoms with E-state index in [-0.39, 0.29) is 54.0 Å². The van der Waals surface area contributed by atoms with Crippen LogP contribution in [0.15, 0.2) is 60.7 Å². The molecule has 0 aliphatic heterocycles. The van der Waals surface area contributed by atoms with Crippen molar-refractivity contribution >= 4 is 34.1 Å². The first kappa shape index (κ1) is 38.8. The van der Waals surface area contributed by atoms with Crippen molar-refractivity contribution in [3.05, 3.63) is 71.9 Å². The summed E-state index contributed by atoms with van der Waals surface area (Å²) in [6, 6.07) is 3.24. The lowest BCUT2D eigenvalue weighted by atomic mass is 9.91. The quantitative estimate of drug-likeness (QED) is 0.0526. The van der Waals surface area contributed by atoms with E-state index >= 15 is 0 Å². The summed E-state index contributed by atoms with van der Waals surface area (Å²) >= 11 is 0. The summed E-state index contributed by atoms with van der Waals surface area (Å²) in [7, 11) is 4.38. The Morgan fingerprint density at radius 2 is 1.72 bits per heavy atom. The minimum absolute atomic E-state index is 0.00713. The van der Waals surface area contributed by atoms with Crippen LogP contribution in [0.5, 0.6) is 17.2 Å². The average molecular weight is 652 g/mol. The van der Waals surface area contributed by atoms with Gasteiger partial charge in [-0.15, -0.1) is 13.2 Å². The number of allylic oxidation sites excluding steroid dienone is 2. The fraction of sp³-hybridized carbons (Fsp3) is 0.432. The van der Waals surface area contributed by atoms with Gasteiger partial charge in [0.2, 0.25) is 5.91 Å². The second-order valence-corrected chi connectivity index (χ2v) is 11.4. The van der Waals surface area contributed by atoms with Gasteiger partial charge in [0.05, 0.1) is 25.5 Å². The monoisotopic (exact) mass is 651 g/mol. The van der Waals surface area contributed by atoms with Gasteiger partial charge in [-0.1, -0.05) is 30.7 Å². The highest BCUT2D eigenvalue weighted by Crippen LogP contribution is 2.45. The highest BCUT2D eigenvalue weighted by Gasteiger charge is 2.26. The van der Waals surface area contributed by atoms with Gasteiger partial charge in [-0.05, 0) is 64.2 Å². The lowest BCUT2D eigenvalue weighted by Gasteiger charge is -2.23. The summed E-state index contributed by atoms with van der Waals surface area (Å²) in [6.07, 6.45) is 6.69. The zero-order valence-electron chi connectivity index (χ0n) is 28.9. The van der Waals surface area contributed by atoms with Gasteiger partial charge in [0, 0.05) is 42.4 Å². The van der Waals surface area contributed by atoms with Crippen LogP contribution in [-0.2, 0) is 23.8 Å². The first-order valence-corrected chi connectivity index (χ1v) is 15.5. The number of amides is 1. The number of hydrogen-bond acceptors (Lipinski definition) is 9. The minimum atomic E-state index is -0.749. The van der Waals surface area contributed by atoms with Gasteiger partial charge in [0.1, 0.15) is 24.4 Å². The summed E-state index contributed by atoms with van der Waals surface area (Å²) in [6.45, 7) is 16.6. The molecule has 0 saturated heterocycles. The Morgan fingerprint density at radius 3 is 2.28 bits per heavy atom. The summed E-state index contributed by atoms with van der Waals surface area (Å²) < 4.78 is 27.6. The standard InChI is InChI=1S/C37H49NO9/c1-11-25(12-2)15-16-28(39)34-33-26(19-24(7)35(34)41)36(45-10)27(20-31(33)44-9)38-32(40)17-14-23(6)37(42)47-30(18-22(4)5)29(13-3)46-21-43-8/h11,13-14,18-20,25,29-30,41H,1,3,12,15-17,21H2,2,4-10H3,(H,38,40)/b23-14+/t25-,29+,30+/m1/s1. The molecule has 0 fully saturated rings. The molecule has 10 heteroatoms. The third-order valence-corrected chi connectivity index (χ3v) is 7.67. The third kappa shape index (κ3) is 10.3. The molecule has 1 amide bonds. The molecule has 0 radical (unpaired) electrons. The number of phenols is 1. The number of phenolic OH excluding ortho intramolecular Hbond substituents is 1. The molecule has 2 N–H and O–H groups in total. The molecule has 10 nitrogen and oxygen atoms in total. The number of carbonyl (C=O) groups excluding carboxylic acids is 3. The van der Waals surface area contributed by atoms with Crippen LogP contribution in [-0.4, -0.2) is 63.1 Å². The summed E-state index contributed by atoms with van der Waals surface area (Å²) in [5.74, 6) is -0.685. The Balaban J connectivity index is 2.39. The van der Waals surface area contributed by atoms with Crippen molar-refractivity contribution in [3.8, 4) is 17.2 Å². The van der Waals surface area contributed by atoms with Gasteiger partial charge in [0.25, 0.3) is 0 Å². The largest absolute Gasteiger partial charge is 0.507 e. The maximum Gasteiger partial charge on any atom is 0.334 e. The van der Waals surface area contributed by atoms with Gasteiger partial charge in [-0.2, -0.15) is 0 Å². The molecule has 0 unspecified atom stereocenters. The van der Waals surface area contributed by atoms with Crippen LogP contribution in [0.4, 0.5) is 5.69 Å². The topological polar surface area (TPSA) is 130 Å². The molecule has 0 aromatic heterocycles. The van der Waals surface area contributed by atoms with Crippen LogP contribution >= 0.6 is 0 Å². The molecule has 2 aromatic carbocycles. The number of ketones is 1. The summed E-state index contributed by atoms with van der Waals surface area (Å²) in [5.41, 5.74) is 2.04. The smallest absolute Gasteiger partial charge is 0.334 e. The molecule has 0 heterocycles. The Morgan fingerprint density at radius 1 is 1.02 bits per heavy atom. The molecule has 0 aliphatic carbocycles. The molecular weight excluding hydrogens is 602 g/mol. The predicted molar refractivity (Wildman–Crippen MR) is 184 cm³/mol. The number of carbonyl (C=O) groups is 3. The number of ether oxygens (including phenoxy) is 5. The van der Waals surface area contributed by atoms with Crippen LogP contribution < -0.4 is 14.8 Å². The molecule has 256 valence electrons. The Hall–Kier alpha value is -4.41. The maximum atomic E-state index is 13.5. The SMILES string of the molecule is C=C[C@H](CC)CCC(=O)c1c(O)c(C)cc2c(OC)c(NC(=O)C/C=C(\C)C(=O)O[C@@H](C=C(C)C)[C@H](C=C)OCOC)cc(OC)c12. The number of aromatic hydroxyl groups is 1. The molecule has 47 heavy (non-hydrogen) atoms. The Bertz CT molecular complexity index is 1520.